The molecule has 0 radical (unpaired) electrons. The van der Waals surface area contributed by atoms with E-state index in [1.54, 1.807) is 6.08 Å². The highest BCUT2D eigenvalue weighted by molar-refractivity contribution is 7.45. The Bertz CT molecular complexity index is 1500. The lowest BCUT2D eigenvalue weighted by Gasteiger charge is -2.29. The van der Waals surface area contributed by atoms with Crippen LogP contribution < -0.4 is 10.2 Å². The Morgan fingerprint density at radius 3 is 1.07 bits per heavy atom. The van der Waals surface area contributed by atoms with Crippen LogP contribution in [0.25, 0.3) is 0 Å². The summed E-state index contributed by atoms with van der Waals surface area (Å²) in [6, 6.07) is -0.913. The highest BCUT2D eigenvalue weighted by Gasteiger charge is 2.23. The van der Waals surface area contributed by atoms with Crippen molar-refractivity contribution in [2.75, 3.05) is 40.9 Å². The van der Waals surface area contributed by atoms with Gasteiger partial charge in [-0.25, -0.2) is 0 Å². The predicted octanol–water partition coefficient (Wildman–Crippen LogP) is 21.8. The molecule has 2 N–H and O–H groups in total. The zero-order chi connectivity index (χ0) is 59.1. The first-order valence-corrected chi connectivity index (χ1v) is 36.6. The number of phosphoric acid groups is 1. The third kappa shape index (κ3) is 65.6. The smallest absolute Gasteiger partial charge is 0.268 e. The largest absolute Gasteiger partial charge is 0.756 e. The van der Waals surface area contributed by atoms with E-state index in [1.807, 2.05) is 27.2 Å². The number of allylic oxidation sites excluding steroid dienone is 9. The van der Waals surface area contributed by atoms with Crippen molar-refractivity contribution in [2.24, 2.45) is 0 Å². The molecule has 0 aliphatic heterocycles. The molecule has 0 rings (SSSR count). The van der Waals surface area contributed by atoms with Crippen LogP contribution in [0.1, 0.15) is 341 Å². The maximum Gasteiger partial charge on any atom is 0.268 e. The summed E-state index contributed by atoms with van der Waals surface area (Å²) >= 11 is 0. The molecule has 0 spiro atoms. The highest BCUT2D eigenvalue weighted by Crippen LogP contribution is 2.38. The molecular formula is C72H137N2O6P. The number of aliphatic hydroxyl groups is 1. The fourth-order valence-electron chi connectivity index (χ4n) is 10.5. The SMILES string of the molecule is CCCCCCC/C=C\C/C=C\CCCCCCCCCCCCCCCCCC(=O)NC(COP(=O)([O-])OCC[N+](C)(C)C)C(O)/C=C/CC/C=C/CC/C=C/CCCCCCCCCCCCCCCCCCCCCCCC. The third-order valence-electron chi connectivity index (χ3n) is 15.9. The number of quaternary nitrogens is 1. The van der Waals surface area contributed by atoms with Crippen molar-refractivity contribution in [1.29, 1.82) is 0 Å². The number of aliphatic hydroxyl groups excluding tert-OH is 1. The number of nitrogens with zero attached hydrogens (tertiary/aromatic N) is 1. The van der Waals surface area contributed by atoms with Crippen LogP contribution >= 0.6 is 7.82 Å². The lowest BCUT2D eigenvalue weighted by atomic mass is 10.0. The molecule has 8 nitrogen and oxygen atoms in total. The molecule has 0 fully saturated rings. The lowest BCUT2D eigenvalue weighted by molar-refractivity contribution is -0.870. The average Bonchev–Trinajstić information content (AvgIpc) is 3.43. The van der Waals surface area contributed by atoms with Gasteiger partial charge in [0.05, 0.1) is 39.9 Å². The number of unbranched alkanes of at least 4 members (excludes halogenated alkanes) is 44. The molecule has 81 heavy (non-hydrogen) atoms. The topological polar surface area (TPSA) is 108 Å². The Labute approximate surface area is 504 Å². The first kappa shape index (κ1) is 79.2. The van der Waals surface area contributed by atoms with Crippen LogP contribution in [0.5, 0.6) is 0 Å². The molecule has 0 saturated heterocycles. The Kier molecular flexibility index (Phi) is 61.3. The summed E-state index contributed by atoms with van der Waals surface area (Å²) in [5.74, 6) is -0.208. The maximum absolute atomic E-state index is 13.0. The molecule has 0 aliphatic carbocycles. The number of likely N-dealkylation sites (N-methyl/N-ethyl adjacent to an activating group) is 1. The Morgan fingerprint density at radius 1 is 0.432 bits per heavy atom. The minimum atomic E-state index is -4.62. The molecule has 9 heteroatoms. The van der Waals surface area contributed by atoms with Crippen LogP contribution in [0, 0.1) is 0 Å². The van der Waals surface area contributed by atoms with E-state index < -0.39 is 26.6 Å². The number of nitrogens with one attached hydrogen (secondary N) is 1. The minimum absolute atomic E-state index is 0.00962. The zero-order valence-electron chi connectivity index (χ0n) is 54.5. The number of phosphoric ester groups is 1. The molecule has 1 amide bonds. The Morgan fingerprint density at radius 2 is 0.728 bits per heavy atom. The van der Waals surface area contributed by atoms with Gasteiger partial charge in [0.2, 0.25) is 5.91 Å². The van der Waals surface area contributed by atoms with Crippen molar-refractivity contribution in [1.82, 2.24) is 5.32 Å². The van der Waals surface area contributed by atoms with Crippen LogP contribution in [-0.4, -0.2) is 68.5 Å². The summed E-state index contributed by atoms with van der Waals surface area (Å²) in [6.45, 7) is 4.65. The van der Waals surface area contributed by atoms with E-state index in [2.05, 4.69) is 67.8 Å². The van der Waals surface area contributed by atoms with Crippen molar-refractivity contribution >= 4 is 13.7 Å². The molecule has 3 unspecified atom stereocenters. The maximum atomic E-state index is 13.0. The van der Waals surface area contributed by atoms with E-state index in [0.29, 0.717) is 17.4 Å². The van der Waals surface area contributed by atoms with Crippen LogP contribution in [0.3, 0.4) is 0 Å². The van der Waals surface area contributed by atoms with Gasteiger partial charge in [0.25, 0.3) is 7.82 Å². The predicted molar refractivity (Wildman–Crippen MR) is 353 cm³/mol. The fraction of sp³-hybridized carbons (Fsp3) is 0.847. The van der Waals surface area contributed by atoms with Gasteiger partial charge >= 0.3 is 0 Å². The molecule has 0 aromatic rings. The van der Waals surface area contributed by atoms with Crippen molar-refractivity contribution in [3.63, 3.8) is 0 Å². The fourth-order valence-corrected chi connectivity index (χ4v) is 11.2. The standard InChI is InChI=1S/C72H137N2O6P/c1-6-8-10-12-14-16-18-20-22-24-26-28-30-32-34-35-36-37-38-40-41-43-45-47-49-51-53-55-57-59-61-63-65-71(75)70(69-80-81(77,78)79-68-67-74(3,4)5)73-72(76)66-64-62-60-58-56-54-52-50-48-46-44-42-39-33-31-29-27-25-23-21-19-17-15-13-11-9-7-2/h19,21,25,27,47,49,55,57,63,65,70-71,75H,6-18,20,22-24,26,28-46,48,50-54,56,58-62,64,66-69H2,1-5H3,(H-,73,76,77,78)/b21-19-,27-25-,49-47+,57-55+,65-63+. The first-order valence-electron chi connectivity index (χ1n) is 35.2. The monoisotopic (exact) mass is 1160 g/mol. The van der Waals surface area contributed by atoms with E-state index in [9.17, 15) is 19.4 Å². The third-order valence-corrected chi connectivity index (χ3v) is 16.9. The molecule has 0 aromatic heterocycles. The number of carbonyl (C=O) groups is 1. The van der Waals surface area contributed by atoms with Gasteiger partial charge in [0.1, 0.15) is 13.2 Å². The first-order chi connectivity index (χ1) is 39.5. The molecule has 0 heterocycles. The van der Waals surface area contributed by atoms with Crippen LogP contribution in [0.4, 0.5) is 0 Å². The molecule has 0 bridgehead atoms. The normalized spacial score (nSPS) is 14.0. The molecule has 476 valence electrons. The summed E-state index contributed by atoms with van der Waals surface area (Å²) in [5, 5.41) is 13.9. The minimum Gasteiger partial charge on any atom is -0.756 e. The summed E-state index contributed by atoms with van der Waals surface area (Å²) in [5.41, 5.74) is 0. The Balaban J connectivity index is 4.13. The van der Waals surface area contributed by atoms with Gasteiger partial charge in [0.15, 0.2) is 0 Å². The number of carbonyl (C=O) groups excluding carboxylic acids is 1. The van der Waals surface area contributed by atoms with Gasteiger partial charge in [-0.1, -0.05) is 319 Å². The van der Waals surface area contributed by atoms with Gasteiger partial charge in [-0.15, -0.1) is 0 Å². The number of hydrogen-bond acceptors (Lipinski definition) is 6. The Hall–Kier alpha value is -1.80. The van der Waals surface area contributed by atoms with Gasteiger partial charge in [0, 0.05) is 6.42 Å². The van der Waals surface area contributed by atoms with E-state index in [1.165, 1.54) is 270 Å². The van der Waals surface area contributed by atoms with Gasteiger partial charge in [-0.05, 0) is 77.0 Å². The van der Waals surface area contributed by atoms with E-state index >= 15 is 0 Å². The second-order valence-corrected chi connectivity index (χ2v) is 26.6. The molecule has 0 aliphatic rings. The van der Waals surface area contributed by atoms with Gasteiger partial charge < -0.3 is 28.8 Å². The zero-order valence-corrected chi connectivity index (χ0v) is 55.4. The van der Waals surface area contributed by atoms with E-state index in [-0.39, 0.29) is 12.5 Å². The van der Waals surface area contributed by atoms with Crippen molar-refractivity contribution in [3.8, 4) is 0 Å². The van der Waals surface area contributed by atoms with Crippen LogP contribution in [0.2, 0.25) is 0 Å². The van der Waals surface area contributed by atoms with Crippen molar-refractivity contribution < 1.29 is 32.9 Å². The van der Waals surface area contributed by atoms with Gasteiger partial charge in [-0.2, -0.15) is 0 Å². The van der Waals surface area contributed by atoms with Crippen molar-refractivity contribution in [3.05, 3.63) is 60.8 Å². The lowest BCUT2D eigenvalue weighted by Crippen LogP contribution is -2.45. The van der Waals surface area contributed by atoms with Crippen molar-refractivity contribution in [2.45, 2.75) is 353 Å². The summed E-state index contributed by atoms with van der Waals surface area (Å²) in [6.07, 6.45) is 86.4. The quantitative estimate of drug-likeness (QED) is 0.0272. The van der Waals surface area contributed by atoms with E-state index in [0.717, 1.165) is 51.4 Å². The van der Waals surface area contributed by atoms with E-state index in [4.69, 9.17) is 9.05 Å². The molecule has 0 saturated carbocycles. The molecular weight excluding hydrogens is 1020 g/mol. The van der Waals surface area contributed by atoms with Crippen LogP contribution in [-0.2, 0) is 18.4 Å². The van der Waals surface area contributed by atoms with Gasteiger partial charge in [-0.3, -0.25) is 9.36 Å². The second-order valence-electron chi connectivity index (χ2n) is 25.2. The highest BCUT2D eigenvalue weighted by atomic mass is 31.2. The number of amides is 1. The molecule has 3 atom stereocenters. The summed E-state index contributed by atoms with van der Waals surface area (Å²) in [7, 11) is 1.24. The summed E-state index contributed by atoms with van der Waals surface area (Å²) in [4.78, 5) is 25.6. The number of rotatable bonds is 65. The number of hydrogen-bond donors (Lipinski definition) is 2. The second kappa shape index (κ2) is 62.7. The van der Waals surface area contributed by atoms with Crippen LogP contribution in [0.15, 0.2) is 60.8 Å². The average molecular weight is 1160 g/mol. The molecule has 0 aromatic carbocycles. The summed E-state index contributed by atoms with van der Waals surface area (Å²) < 4.78 is 23.4.